The summed E-state index contributed by atoms with van der Waals surface area (Å²) in [5, 5.41) is 11.3. The monoisotopic (exact) mass is 388 g/mol. The Kier molecular flexibility index (Phi) is 5.98. The smallest absolute Gasteiger partial charge is 0.0579 e. The molecule has 4 aliphatic rings. The Labute approximate surface area is 175 Å². The van der Waals surface area contributed by atoms with Gasteiger partial charge in [0.2, 0.25) is 0 Å². The van der Waals surface area contributed by atoms with Crippen molar-refractivity contribution in [1.82, 2.24) is 0 Å². The Balaban J connectivity index is 1.51. The van der Waals surface area contributed by atoms with Gasteiger partial charge in [-0.3, -0.25) is 0 Å². The van der Waals surface area contributed by atoms with Crippen LogP contribution in [0.5, 0.6) is 0 Å². The van der Waals surface area contributed by atoms with Gasteiger partial charge < -0.3 is 5.11 Å². The average molecular weight is 389 g/mol. The second-order valence-corrected chi connectivity index (χ2v) is 12.6. The van der Waals surface area contributed by atoms with Crippen molar-refractivity contribution in [3.05, 3.63) is 0 Å². The lowest BCUT2D eigenvalue weighted by Crippen LogP contribution is -2.54. The maximum atomic E-state index is 11.3. The van der Waals surface area contributed by atoms with Crippen LogP contribution in [-0.2, 0) is 0 Å². The fourth-order valence-electron chi connectivity index (χ4n) is 9.34. The summed E-state index contributed by atoms with van der Waals surface area (Å²) in [4.78, 5) is 0. The Morgan fingerprint density at radius 1 is 0.893 bits per heavy atom. The summed E-state index contributed by atoms with van der Waals surface area (Å²) in [5.74, 6) is 5.63. The van der Waals surface area contributed by atoms with Crippen molar-refractivity contribution < 1.29 is 5.11 Å². The molecular formula is C27H48O. The lowest BCUT2D eigenvalue weighted by atomic mass is 9.44. The molecule has 9 atom stereocenters. The van der Waals surface area contributed by atoms with Crippen molar-refractivity contribution in [3.63, 3.8) is 0 Å². The minimum Gasteiger partial charge on any atom is -0.393 e. The van der Waals surface area contributed by atoms with E-state index in [4.69, 9.17) is 0 Å². The van der Waals surface area contributed by atoms with Gasteiger partial charge in [-0.15, -0.1) is 0 Å². The van der Waals surface area contributed by atoms with E-state index in [1.54, 1.807) is 0 Å². The fraction of sp³-hybridized carbons (Fsp3) is 1.00. The van der Waals surface area contributed by atoms with Crippen LogP contribution in [0.15, 0.2) is 0 Å². The van der Waals surface area contributed by atoms with Crippen LogP contribution in [0.2, 0.25) is 0 Å². The predicted molar refractivity (Wildman–Crippen MR) is 119 cm³/mol. The van der Waals surface area contributed by atoms with E-state index >= 15 is 0 Å². The summed E-state index contributed by atoms with van der Waals surface area (Å²) in [6.07, 6.45) is 16.7. The van der Waals surface area contributed by atoms with Crippen molar-refractivity contribution in [1.29, 1.82) is 0 Å². The highest BCUT2D eigenvalue weighted by atomic mass is 16.3. The largest absolute Gasteiger partial charge is 0.393 e. The van der Waals surface area contributed by atoms with Gasteiger partial charge >= 0.3 is 0 Å². The van der Waals surface area contributed by atoms with Crippen LogP contribution < -0.4 is 0 Å². The van der Waals surface area contributed by atoms with Crippen LogP contribution in [-0.4, -0.2) is 11.2 Å². The molecule has 1 N–H and O–H groups in total. The summed E-state index contributed by atoms with van der Waals surface area (Å²) in [5.41, 5.74) is 0.985. The van der Waals surface area contributed by atoms with E-state index in [1.165, 1.54) is 70.6 Å². The lowest BCUT2D eigenvalue weighted by Gasteiger charge is -2.61. The van der Waals surface area contributed by atoms with Crippen molar-refractivity contribution in [2.75, 3.05) is 0 Å². The Hall–Kier alpha value is -0.0400. The number of hydrogen-bond donors (Lipinski definition) is 1. The second kappa shape index (κ2) is 7.90. The Morgan fingerprint density at radius 3 is 2.43 bits per heavy atom. The average Bonchev–Trinajstić information content (AvgIpc) is 2.92. The molecule has 1 nitrogen and oxygen atoms in total. The van der Waals surface area contributed by atoms with Crippen molar-refractivity contribution >= 4 is 0 Å². The predicted octanol–water partition coefficient (Wildman–Crippen LogP) is 7.47. The van der Waals surface area contributed by atoms with Gasteiger partial charge in [-0.2, -0.15) is 0 Å². The molecule has 4 aliphatic carbocycles. The highest BCUT2D eigenvalue weighted by Crippen LogP contribution is 2.68. The first-order chi connectivity index (χ1) is 13.3. The van der Waals surface area contributed by atoms with Gasteiger partial charge in [-0.25, -0.2) is 0 Å². The first-order valence-corrected chi connectivity index (χ1v) is 13.0. The quantitative estimate of drug-likeness (QED) is 0.518. The molecule has 0 aromatic heterocycles. The van der Waals surface area contributed by atoms with E-state index in [9.17, 15) is 5.11 Å². The number of aliphatic hydroxyl groups excluding tert-OH is 1. The third-order valence-corrected chi connectivity index (χ3v) is 10.8. The highest BCUT2D eigenvalue weighted by Gasteiger charge is 2.62. The molecule has 4 rings (SSSR count). The van der Waals surface area contributed by atoms with Gasteiger partial charge in [0.1, 0.15) is 0 Å². The molecule has 0 amide bonds. The molecule has 0 spiro atoms. The zero-order chi connectivity index (χ0) is 20.1. The van der Waals surface area contributed by atoms with Crippen LogP contribution in [0, 0.1) is 52.3 Å². The molecule has 0 saturated heterocycles. The summed E-state index contributed by atoms with van der Waals surface area (Å²) < 4.78 is 0. The molecule has 0 aromatic rings. The van der Waals surface area contributed by atoms with E-state index < -0.39 is 0 Å². The maximum Gasteiger partial charge on any atom is 0.0579 e. The first kappa shape index (κ1) is 21.2. The number of aliphatic hydroxyl groups is 1. The van der Waals surface area contributed by atoms with Gasteiger partial charge in [-0.1, -0.05) is 66.7 Å². The van der Waals surface area contributed by atoms with Gasteiger partial charge in [0, 0.05) is 0 Å². The molecule has 2 unspecified atom stereocenters. The SMILES string of the molecule is CC(C)CCC[C@@H](C)[C@H]1CC(O)[C@H]2[C@@H]3CCC4CCCC[C@]4(C)[C@H]3CC[C@]12C. The third-order valence-electron chi connectivity index (χ3n) is 10.8. The van der Waals surface area contributed by atoms with Crippen LogP contribution in [0.4, 0.5) is 0 Å². The van der Waals surface area contributed by atoms with Crippen molar-refractivity contribution in [2.45, 2.75) is 118 Å². The van der Waals surface area contributed by atoms with Crippen molar-refractivity contribution in [2.24, 2.45) is 52.3 Å². The number of rotatable bonds is 5. The maximum absolute atomic E-state index is 11.3. The Morgan fingerprint density at radius 2 is 1.68 bits per heavy atom. The number of hydrogen-bond acceptors (Lipinski definition) is 1. The summed E-state index contributed by atoms with van der Waals surface area (Å²) in [7, 11) is 0. The molecule has 0 aliphatic heterocycles. The molecule has 4 fully saturated rings. The van der Waals surface area contributed by atoms with Gasteiger partial charge in [0.05, 0.1) is 6.10 Å². The van der Waals surface area contributed by atoms with E-state index in [-0.39, 0.29) is 6.10 Å². The fourth-order valence-corrected chi connectivity index (χ4v) is 9.34. The Bertz CT molecular complexity index is 540. The van der Waals surface area contributed by atoms with Gasteiger partial charge in [0.25, 0.3) is 0 Å². The molecule has 28 heavy (non-hydrogen) atoms. The molecule has 0 aromatic carbocycles. The van der Waals surface area contributed by atoms with Crippen LogP contribution in [0.25, 0.3) is 0 Å². The van der Waals surface area contributed by atoms with Crippen molar-refractivity contribution in [3.8, 4) is 0 Å². The van der Waals surface area contributed by atoms with E-state index in [0.29, 0.717) is 16.7 Å². The molecule has 4 saturated carbocycles. The minimum atomic E-state index is -0.0286. The topological polar surface area (TPSA) is 20.2 Å². The summed E-state index contributed by atoms with van der Waals surface area (Å²) >= 11 is 0. The highest BCUT2D eigenvalue weighted by molar-refractivity contribution is 5.11. The second-order valence-electron chi connectivity index (χ2n) is 12.6. The standard InChI is InChI=1S/C27H48O/c1-18(2)9-8-10-19(3)23-17-24(28)25-21-13-12-20-11-6-7-15-26(20,4)22(21)14-16-27(23,25)5/h18-25,28H,6-17H2,1-5H3/t19-,20?,21-,22+,23-,24?,25-,26+,27-/m1/s1. The van der Waals surface area contributed by atoms with E-state index in [2.05, 4.69) is 34.6 Å². The molecule has 0 heterocycles. The van der Waals surface area contributed by atoms with Crippen LogP contribution >= 0.6 is 0 Å². The zero-order valence-corrected chi connectivity index (χ0v) is 19.6. The van der Waals surface area contributed by atoms with E-state index in [1.807, 2.05) is 0 Å². The molecule has 0 bridgehead atoms. The van der Waals surface area contributed by atoms with E-state index in [0.717, 1.165) is 41.9 Å². The number of fused-ring (bicyclic) bond motifs is 5. The minimum absolute atomic E-state index is 0.0286. The zero-order valence-electron chi connectivity index (χ0n) is 19.6. The van der Waals surface area contributed by atoms with Gasteiger partial charge in [0.15, 0.2) is 0 Å². The third kappa shape index (κ3) is 3.40. The molecule has 1 heteroatoms. The molecule has 162 valence electrons. The summed E-state index contributed by atoms with van der Waals surface area (Å²) in [6.45, 7) is 12.5. The van der Waals surface area contributed by atoms with Crippen LogP contribution in [0.3, 0.4) is 0 Å². The lowest BCUT2D eigenvalue weighted by molar-refractivity contribution is -0.130. The van der Waals surface area contributed by atoms with Gasteiger partial charge in [-0.05, 0) is 97.2 Å². The normalized spacial score (nSPS) is 49.4. The van der Waals surface area contributed by atoms with Crippen LogP contribution in [0.1, 0.15) is 112 Å². The first-order valence-electron chi connectivity index (χ1n) is 13.0. The molecule has 0 radical (unpaired) electrons. The summed E-state index contributed by atoms with van der Waals surface area (Å²) in [6, 6.07) is 0. The molecular weight excluding hydrogens is 340 g/mol.